The second-order valence-electron chi connectivity index (χ2n) is 8.06. The number of nitrogens with zero attached hydrogens (tertiary/aromatic N) is 3. The lowest BCUT2D eigenvalue weighted by Gasteiger charge is -2.21. The van der Waals surface area contributed by atoms with E-state index in [2.05, 4.69) is 36.1 Å². The van der Waals surface area contributed by atoms with Gasteiger partial charge in [0.05, 0.1) is 12.3 Å². The molecule has 0 aliphatic carbocycles. The second kappa shape index (κ2) is 7.64. The van der Waals surface area contributed by atoms with E-state index < -0.39 is 0 Å². The lowest BCUT2D eigenvalue weighted by atomic mass is 9.95. The number of aromatic nitrogens is 2. The first-order chi connectivity index (χ1) is 12.8. The summed E-state index contributed by atoms with van der Waals surface area (Å²) >= 11 is 0. The average molecular weight is 368 g/mol. The zero-order valence-electron chi connectivity index (χ0n) is 16.7. The molecule has 27 heavy (non-hydrogen) atoms. The summed E-state index contributed by atoms with van der Waals surface area (Å²) in [5.41, 5.74) is 2.74. The first-order valence-corrected chi connectivity index (χ1v) is 9.30. The summed E-state index contributed by atoms with van der Waals surface area (Å²) in [6.07, 6.45) is 0.737. The number of rotatable bonds is 5. The van der Waals surface area contributed by atoms with Gasteiger partial charge in [0, 0.05) is 30.8 Å². The fourth-order valence-electron chi connectivity index (χ4n) is 3.10. The smallest absolute Gasteiger partial charge is 0.249 e. The molecule has 0 saturated carbocycles. The molecule has 1 aliphatic rings. The number of carbonyl (C=O) groups is 1. The fraction of sp³-hybridized carbons (Fsp3) is 0.476. The Morgan fingerprint density at radius 3 is 2.56 bits per heavy atom. The van der Waals surface area contributed by atoms with Gasteiger partial charge in [-0.05, 0) is 25.5 Å². The summed E-state index contributed by atoms with van der Waals surface area (Å²) in [5.74, 6) is 1.48. The molecule has 1 aliphatic heterocycles. The third-order valence-electron chi connectivity index (χ3n) is 4.62. The van der Waals surface area contributed by atoms with E-state index in [1.54, 1.807) is 7.11 Å². The summed E-state index contributed by atoms with van der Waals surface area (Å²) in [7, 11) is 1.64. The van der Waals surface area contributed by atoms with Crippen LogP contribution in [0.5, 0.6) is 0 Å². The van der Waals surface area contributed by atoms with E-state index >= 15 is 0 Å². The maximum Gasteiger partial charge on any atom is 0.249 e. The van der Waals surface area contributed by atoms with Crippen LogP contribution in [-0.4, -0.2) is 35.6 Å². The molecule has 2 heterocycles. The van der Waals surface area contributed by atoms with E-state index in [1.165, 1.54) is 5.56 Å². The second-order valence-corrected chi connectivity index (χ2v) is 8.06. The van der Waals surface area contributed by atoms with E-state index in [-0.39, 0.29) is 17.4 Å². The molecular weight excluding hydrogens is 340 g/mol. The lowest BCUT2D eigenvalue weighted by Crippen LogP contribution is -2.34. The maximum atomic E-state index is 12.9. The van der Waals surface area contributed by atoms with Crippen molar-refractivity contribution in [3.8, 4) is 0 Å². The molecule has 0 spiro atoms. The average Bonchev–Trinajstić information content (AvgIpc) is 2.96. The summed E-state index contributed by atoms with van der Waals surface area (Å²) in [6.45, 7) is 9.36. The molecule has 1 unspecified atom stereocenters. The van der Waals surface area contributed by atoms with Crippen LogP contribution in [0.15, 0.2) is 30.3 Å². The van der Waals surface area contributed by atoms with Crippen LogP contribution in [0.25, 0.3) is 0 Å². The number of hydrogen-bond donors (Lipinski definition) is 1. The number of benzene rings is 1. The number of anilines is 2. The highest BCUT2D eigenvalue weighted by Gasteiger charge is 2.33. The van der Waals surface area contributed by atoms with Crippen molar-refractivity contribution >= 4 is 17.4 Å². The van der Waals surface area contributed by atoms with E-state index in [9.17, 15) is 4.79 Å². The number of hydrogen-bond acceptors (Lipinski definition) is 5. The Balaban J connectivity index is 1.80. The molecule has 1 amide bonds. The van der Waals surface area contributed by atoms with Crippen LogP contribution in [0.4, 0.5) is 11.5 Å². The van der Waals surface area contributed by atoms with Gasteiger partial charge in [0.15, 0.2) is 0 Å². The van der Waals surface area contributed by atoms with Crippen molar-refractivity contribution in [1.82, 2.24) is 9.97 Å². The van der Waals surface area contributed by atoms with Crippen LogP contribution in [0.3, 0.4) is 0 Å². The molecule has 1 atom stereocenters. The standard InChI is InChI=1S/C21H28N4O2/c1-14-6-8-16(9-7-14)25-11-10-17(19(25)26)23-18-12-15(13-27-5)22-20(24-18)21(2,3)4/h6-9,12,17H,10-11,13H2,1-5H3,(H,22,23,24). The first kappa shape index (κ1) is 19.3. The van der Waals surface area contributed by atoms with Gasteiger partial charge < -0.3 is 15.0 Å². The van der Waals surface area contributed by atoms with Gasteiger partial charge in [0.1, 0.15) is 17.7 Å². The summed E-state index contributed by atoms with van der Waals surface area (Å²) in [5, 5.41) is 3.32. The molecular formula is C21H28N4O2. The molecule has 1 N–H and O–H groups in total. The number of methoxy groups -OCH3 is 1. The van der Waals surface area contributed by atoms with Gasteiger partial charge >= 0.3 is 0 Å². The van der Waals surface area contributed by atoms with E-state index in [4.69, 9.17) is 4.74 Å². The number of aryl methyl sites for hydroxylation is 1. The van der Waals surface area contributed by atoms with Crippen molar-refractivity contribution < 1.29 is 9.53 Å². The highest BCUT2D eigenvalue weighted by atomic mass is 16.5. The normalized spacial score (nSPS) is 17.4. The van der Waals surface area contributed by atoms with Gasteiger partial charge in [0.2, 0.25) is 5.91 Å². The van der Waals surface area contributed by atoms with Gasteiger partial charge in [-0.1, -0.05) is 38.5 Å². The Kier molecular flexibility index (Phi) is 5.46. The summed E-state index contributed by atoms with van der Waals surface area (Å²) < 4.78 is 5.23. The van der Waals surface area contributed by atoms with Gasteiger partial charge in [-0.15, -0.1) is 0 Å². The summed E-state index contributed by atoms with van der Waals surface area (Å²) in [4.78, 5) is 23.9. The highest BCUT2D eigenvalue weighted by Crippen LogP contribution is 2.25. The van der Waals surface area contributed by atoms with Crippen molar-refractivity contribution in [2.75, 3.05) is 23.9 Å². The Bertz CT molecular complexity index is 812. The van der Waals surface area contributed by atoms with Gasteiger partial charge in [-0.3, -0.25) is 4.79 Å². The Labute approximate surface area is 161 Å². The molecule has 1 fully saturated rings. The Morgan fingerprint density at radius 1 is 1.22 bits per heavy atom. The number of carbonyl (C=O) groups excluding carboxylic acids is 1. The zero-order valence-corrected chi connectivity index (χ0v) is 16.7. The van der Waals surface area contributed by atoms with Gasteiger partial charge in [-0.2, -0.15) is 0 Å². The van der Waals surface area contributed by atoms with E-state index in [0.717, 1.165) is 23.6 Å². The van der Waals surface area contributed by atoms with Crippen LogP contribution in [0.2, 0.25) is 0 Å². The predicted molar refractivity (Wildman–Crippen MR) is 107 cm³/mol. The molecule has 1 aromatic carbocycles. The fourth-order valence-corrected chi connectivity index (χ4v) is 3.10. The summed E-state index contributed by atoms with van der Waals surface area (Å²) in [6, 6.07) is 9.62. The third-order valence-corrected chi connectivity index (χ3v) is 4.62. The lowest BCUT2D eigenvalue weighted by molar-refractivity contribution is -0.117. The number of ether oxygens (including phenoxy) is 1. The predicted octanol–water partition coefficient (Wildman–Crippen LogP) is 3.45. The number of amides is 1. The zero-order chi connectivity index (χ0) is 19.6. The van der Waals surface area contributed by atoms with E-state index in [1.807, 2.05) is 42.2 Å². The topological polar surface area (TPSA) is 67.3 Å². The molecule has 3 rings (SSSR count). The van der Waals surface area contributed by atoms with Crippen LogP contribution in [-0.2, 0) is 21.6 Å². The SMILES string of the molecule is COCc1cc(NC2CCN(c3ccc(C)cc3)C2=O)nc(C(C)(C)C)n1. The molecule has 1 saturated heterocycles. The van der Waals surface area contributed by atoms with Crippen molar-refractivity contribution in [3.05, 3.63) is 47.4 Å². The molecule has 1 aromatic heterocycles. The third kappa shape index (κ3) is 4.45. The van der Waals surface area contributed by atoms with Gasteiger partial charge in [-0.25, -0.2) is 9.97 Å². The molecule has 2 aromatic rings. The monoisotopic (exact) mass is 368 g/mol. The van der Waals surface area contributed by atoms with Crippen molar-refractivity contribution in [1.29, 1.82) is 0 Å². The van der Waals surface area contributed by atoms with Crippen LogP contribution < -0.4 is 10.2 Å². The van der Waals surface area contributed by atoms with Crippen LogP contribution in [0, 0.1) is 6.92 Å². The quantitative estimate of drug-likeness (QED) is 0.876. The minimum atomic E-state index is -0.288. The van der Waals surface area contributed by atoms with Gasteiger partial charge in [0.25, 0.3) is 0 Å². The molecule has 6 nitrogen and oxygen atoms in total. The van der Waals surface area contributed by atoms with Crippen molar-refractivity contribution in [2.45, 2.75) is 52.2 Å². The Hall–Kier alpha value is -2.47. The van der Waals surface area contributed by atoms with Crippen molar-refractivity contribution in [3.63, 3.8) is 0 Å². The largest absolute Gasteiger partial charge is 0.378 e. The minimum absolute atomic E-state index is 0.0723. The number of nitrogens with one attached hydrogen (secondary N) is 1. The molecule has 0 bridgehead atoms. The highest BCUT2D eigenvalue weighted by molar-refractivity contribution is 6.00. The van der Waals surface area contributed by atoms with Crippen LogP contribution in [0.1, 0.15) is 44.3 Å². The molecule has 144 valence electrons. The van der Waals surface area contributed by atoms with Crippen LogP contribution >= 0.6 is 0 Å². The van der Waals surface area contributed by atoms with E-state index in [0.29, 0.717) is 19.0 Å². The molecule has 6 heteroatoms. The van der Waals surface area contributed by atoms with Crippen molar-refractivity contribution in [2.24, 2.45) is 0 Å². The Morgan fingerprint density at radius 2 is 1.93 bits per heavy atom. The molecule has 0 radical (unpaired) electrons. The maximum absolute atomic E-state index is 12.9. The minimum Gasteiger partial charge on any atom is -0.378 e. The first-order valence-electron chi connectivity index (χ1n) is 9.30.